The molecule has 0 unspecified atom stereocenters. The highest BCUT2D eigenvalue weighted by atomic mass is 15.0. The van der Waals surface area contributed by atoms with Gasteiger partial charge < -0.3 is 10.3 Å². The number of fused-ring (bicyclic) bond motifs is 1. The van der Waals surface area contributed by atoms with Crippen molar-refractivity contribution in [1.29, 1.82) is 0 Å². The molecule has 0 atom stereocenters. The van der Waals surface area contributed by atoms with Crippen molar-refractivity contribution in [3.8, 4) is 0 Å². The molecule has 2 aliphatic rings. The second kappa shape index (κ2) is 2.61. The van der Waals surface area contributed by atoms with Crippen molar-refractivity contribution in [2.45, 2.75) is 44.7 Å². The Balaban J connectivity index is 2.09. The Hall–Kier alpha value is -0.760. The van der Waals surface area contributed by atoms with Gasteiger partial charge in [-0.15, -0.1) is 0 Å². The fourth-order valence-electron chi connectivity index (χ4n) is 2.53. The van der Waals surface area contributed by atoms with E-state index in [1.165, 1.54) is 43.5 Å². The highest BCUT2D eigenvalue weighted by Crippen LogP contribution is 2.42. The lowest BCUT2D eigenvalue weighted by atomic mass is 10.1. The summed E-state index contributed by atoms with van der Waals surface area (Å²) in [4.78, 5) is 0. The molecule has 0 aromatic carbocycles. The minimum Gasteiger partial charge on any atom is -0.348 e. The van der Waals surface area contributed by atoms with Gasteiger partial charge in [0.15, 0.2) is 0 Å². The van der Waals surface area contributed by atoms with Crippen molar-refractivity contribution >= 4 is 0 Å². The van der Waals surface area contributed by atoms with Gasteiger partial charge in [0, 0.05) is 24.5 Å². The van der Waals surface area contributed by atoms with Crippen LogP contribution < -0.4 is 5.73 Å². The summed E-state index contributed by atoms with van der Waals surface area (Å²) in [5.41, 5.74) is 10.3. The first kappa shape index (κ1) is 7.63. The van der Waals surface area contributed by atoms with Crippen molar-refractivity contribution in [3.63, 3.8) is 0 Å². The monoisotopic (exact) mass is 176 g/mol. The van der Waals surface area contributed by atoms with Crippen molar-refractivity contribution in [3.05, 3.63) is 23.0 Å². The minimum absolute atomic E-state index is 0.724. The molecule has 1 aliphatic carbocycles. The van der Waals surface area contributed by atoms with Gasteiger partial charge in [0.05, 0.1) is 0 Å². The van der Waals surface area contributed by atoms with Crippen LogP contribution in [0.15, 0.2) is 6.07 Å². The molecule has 0 spiro atoms. The summed E-state index contributed by atoms with van der Waals surface area (Å²) in [5, 5.41) is 0. The SMILES string of the molecule is NCc1cc(C2CC2)n2c1CCC2. The summed E-state index contributed by atoms with van der Waals surface area (Å²) < 4.78 is 2.53. The maximum Gasteiger partial charge on any atom is 0.0228 e. The molecule has 1 aromatic rings. The molecule has 1 fully saturated rings. The van der Waals surface area contributed by atoms with Crippen LogP contribution in [0.2, 0.25) is 0 Å². The van der Waals surface area contributed by atoms with Gasteiger partial charge in [-0.25, -0.2) is 0 Å². The third-order valence-electron chi connectivity index (χ3n) is 3.34. The Kier molecular flexibility index (Phi) is 1.53. The maximum absolute atomic E-state index is 5.74. The Morgan fingerprint density at radius 3 is 3.00 bits per heavy atom. The zero-order valence-electron chi connectivity index (χ0n) is 7.92. The van der Waals surface area contributed by atoms with Gasteiger partial charge >= 0.3 is 0 Å². The van der Waals surface area contributed by atoms with E-state index >= 15 is 0 Å². The summed E-state index contributed by atoms with van der Waals surface area (Å²) in [6, 6.07) is 2.35. The van der Waals surface area contributed by atoms with E-state index in [0.29, 0.717) is 0 Å². The second-order valence-electron chi connectivity index (χ2n) is 4.27. The number of nitrogens with zero attached hydrogens (tertiary/aromatic N) is 1. The number of aromatic nitrogens is 1. The lowest BCUT2D eigenvalue weighted by Crippen LogP contribution is -1.99. The van der Waals surface area contributed by atoms with E-state index in [9.17, 15) is 0 Å². The normalized spacial score (nSPS) is 20.7. The average molecular weight is 176 g/mol. The van der Waals surface area contributed by atoms with E-state index < -0.39 is 0 Å². The molecule has 0 amide bonds. The summed E-state index contributed by atoms with van der Waals surface area (Å²) >= 11 is 0. The molecule has 0 radical (unpaired) electrons. The summed E-state index contributed by atoms with van der Waals surface area (Å²) in [7, 11) is 0. The van der Waals surface area contributed by atoms with E-state index in [0.717, 1.165) is 12.5 Å². The van der Waals surface area contributed by atoms with Crippen LogP contribution in [0.5, 0.6) is 0 Å². The maximum atomic E-state index is 5.74. The lowest BCUT2D eigenvalue weighted by Gasteiger charge is -2.03. The number of rotatable bonds is 2. The molecule has 2 nitrogen and oxygen atoms in total. The van der Waals surface area contributed by atoms with E-state index in [4.69, 9.17) is 5.73 Å². The summed E-state index contributed by atoms with van der Waals surface area (Å²) in [5.74, 6) is 0.872. The van der Waals surface area contributed by atoms with Crippen molar-refractivity contribution in [1.82, 2.24) is 4.57 Å². The fraction of sp³-hybridized carbons (Fsp3) is 0.636. The molecule has 2 heterocycles. The second-order valence-corrected chi connectivity index (χ2v) is 4.27. The van der Waals surface area contributed by atoms with E-state index in [-0.39, 0.29) is 0 Å². The zero-order valence-corrected chi connectivity index (χ0v) is 7.92. The van der Waals surface area contributed by atoms with Crippen molar-refractivity contribution in [2.75, 3.05) is 0 Å². The Bertz CT molecular complexity index is 334. The number of hydrogen-bond acceptors (Lipinski definition) is 1. The van der Waals surface area contributed by atoms with Crippen LogP contribution in [0.1, 0.15) is 42.1 Å². The first-order valence-corrected chi connectivity index (χ1v) is 5.31. The van der Waals surface area contributed by atoms with Gasteiger partial charge in [-0.05, 0) is 43.2 Å². The van der Waals surface area contributed by atoms with Crippen LogP contribution in [-0.2, 0) is 19.5 Å². The molecule has 70 valence electrons. The van der Waals surface area contributed by atoms with Gasteiger partial charge in [0.2, 0.25) is 0 Å². The highest BCUT2D eigenvalue weighted by molar-refractivity contribution is 5.33. The van der Waals surface area contributed by atoms with E-state index in [2.05, 4.69) is 10.6 Å². The predicted molar refractivity (Wildman–Crippen MR) is 52.6 cm³/mol. The largest absolute Gasteiger partial charge is 0.348 e. The first-order chi connectivity index (χ1) is 6.40. The molecular weight excluding hydrogens is 160 g/mol. The van der Waals surface area contributed by atoms with Crippen LogP contribution in [-0.4, -0.2) is 4.57 Å². The Labute approximate surface area is 78.7 Å². The third kappa shape index (κ3) is 1.05. The molecule has 1 aliphatic heterocycles. The Morgan fingerprint density at radius 2 is 2.31 bits per heavy atom. The average Bonchev–Trinajstić information content (AvgIpc) is 2.77. The molecule has 3 rings (SSSR count). The fourth-order valence-corrected chi connectivity index (χ4v) is 2.53. The zero-order chi connectivity index (χ0) is 8.84. The van der Waals surface area contributed by atoms with Gasteiger partial charge in [-0.3, -0.25) is 0 Å². The molecule has 0 saturated heterocycles. The summed E-state index contributed by atoms with van der Waals surface area (Å²) in [6.45, 7) is 1.96. The van der Waals surface area contributed by atoms with Crippen molar-refractivity contribution < 1.29 is 0 Å². The van der Waals surface area contributed by atoms with Gasteiger partial charge in [0.25, 0.3) is 0 Å². The molecule has 1 saturated carbocycles. The van der Waals surface area contributed by atoms with E-state index in [1.54, 1.807) is 5.69 Å². The third-order valence-corrected chi connectivity index (χ3v) is 3.34. The lowest BCUT2D eigenvalue weighted by molar-refractivity contribution is 0.708. The van der Waals surface area contributed by atoms with Crippen LogP contribution >= 0.6 is 0 Å². The first-order valence-electron chi connectivity index (χ1n) is 5.31. The predicted octanol–water partition coefficient (Wildman–Crippen LogP) is 1.77. The van der Waals surface area contributed by atoms with Gasteiger partial charge in [-0.2, -0.15) is 0 Å². The van der Waals surface area contributed by atoms with Crippen LogP contribution in [0.25, 0.3) is 0 Å². The quantitative estimate of drug-likeness (QED) is 0.731. The molecular formula is C11H16N2. The molecule has 0 bridgehead atoms. The van der Waals surface area contributed by atoms with Gasteiger partial charge in [-0.1, -0.05) is 0 Å². The number of hydrogen-bond donors (Lipinski definition) is 1. The van der Waals surface area contributed by atoms with Gasteiger partial charge in [0.1, 0.15) is 0 Å². The minimum atomic E-state index is 0.724. The molecule has 2 N–H and O–H groups in total. The highest BCUT2D eigenvalue weighted by Gasteiger charge is 2.30. The van der Waals surface area contributed by atoms with Crippen LogP contribution in [0, 0.1) is 0 Å². The molecule has 1 aromatic heterocycles. The van der Waals surface area contributed by atoms with E-state index in [1.807, 2.05) is 0 Å². The summed E-state index contributed by atoms with van der Waals surface area (Å²) in [6.07, 6.45) is 5.36. The number of nitrogens with two attached hydrogens (primary N) is 1. The Morgan fingerprint density at radius 1 is 1.46 bits per heavy atom. The smallest absolute Gasteiger partial charge is 0.0228 e. The standard InChI is InChI=1S/C11H16N2/c12-7-9-6-11(8-3-4-8)13-5-1-2-10(9)13/h6,8H,1-5,7,12H2. The van der Waals surface area contributed by atoms with Crippen LogP contribution in [0.3, 0.4) is 0 Å². The van der Waals surface area contributed by atoms with Crippen LogP contribution in [0.4, 0.5) is 0 Å². The topological polar surface area (TPSA) is 30.9 Å². The molecule has 2 heteroatoms. The van der Waals surface area contributed by atoms with Crippen molar-refractivity contribution in [2.24, 2.45) is 5.73 Å². The molecule has 13 heavy (non-hydrogen) atoms.